The topological polar surface area (TPSA) is 33.4 Å². The molecule has 4 nitrogen and oxygen atoms in total. The molecule has 0 saturated heterocycles. The van der Waals surface area contributed by atoms with E-state index in [0.717, 1.165) is 28.1 Å². The van der Waals surface area contributed by atoms with Crippen molar-refractivity contribution in [1.29, 1.82) is 0 Å². The van der Waals surface area contributed by atoms with Crippen molar-refractivity contribution >= 4 is 28.1 Å². The molecule has 0 N–H and O–H groups in total. The lowest BCUT2D eigenvalue weighted by molar-refractivity contribution is 1.12. The molecule has 0 bridgehead atoms. The van der Waals surface area contributed by atoms with Crippen molar-refractivity contribution in [3.05, 3.63) is 67.1 Å². The number of anilines is 2. The molecule has 4 rings (SSSR count). The second-order valence-corrected chi connectivity index (χ2v) is 4.97. The van der Waals surface area contributed by atoms with Crippen LogP contribution in [0.1, 0.15) is 0 Å². The summed E-state index contributed by atoms with van der Waals surface area (Å²) < 4.78 is 2.08. The van der Waals surface area contributed by atoms with E-state index in [0.29, 0.717) is 0 Å². The van der Waals surface area contributed by atoms with Crippen LogP contribution >= 0.6 is 0 Å². The van der Waals surface area contributed by atoms with Crippen molar-refractivity contribution in [2.45, 2.75) is 0 Å². The monoisotopic (exact) mass is 274 g/mol. The van der Waals surface area contributed by atoms with E-state index in [1.807, 2.05) is 56.0 Å². The Labute approximate surface area is 122 Å². The van der Waals surface area contributed by atoms with Gasteiger partial charge in [-0.1, -0.05) is 30.3 Å². The summed E-state index contributed by atoms with van der Waals surface area (Å²) in [5.41, 5.74) is 4.12. The maximum Gasteiger partial charge on any atom is 0.159 e. The molecule has 0 saturated carbocycles. The Hall–Kier alpha value is -2.88. The lowest BCUT2D eigenvalue weighted by Crippen LogP contribution is -2.12. The maximum atomic E-state index is 4.82. The van der Waals surface area contributed by atoms with Gasteiger partial charge in [-0.15, -0.1) is 0 Å². The van der Waals surface area contributed by atoms with Gasteiger partial charge in [0.25, 0.3) is 0 Å². The normalized spacial score (nSPS) is 11.1. The zero-order chi connectivity index (χ0) is 14.2. The zero-order valence-electron chi connectivity index (χ0n) is 11.6. The second kappa shape index (κ2) is 4.59. The maximum absolute atomic E-state index is 4.82. The van der Waals surface area contributed by atoms with E-state index < -0.39 is 0 Å². The van der Waals surface area contributed by atoms with E-state index in [4.69, 9.17) is 4.98 Å². The van der Waals surface area contributed by atoms with Crippen LogP contribution in [0.15, 0.2) is 67.1 Å². The van der Waals surface area contributed by atoms with Crippen LogP contribution < -0.4 is 4.90 Å². The number of imidazole rings is 1. The van der Waals surface area contributed by atoms with Crippen LogP contribution in [0.25, 0.3) is 16.6 Å². The van der Waals surface area contributed by atoms with Gasteiger partial charge in [0, 0.05) is 12.7 Å². The molecule has 4 aromatic rings. The third-order valence-electron chi connectivity index (χ3n) is 3.70. The summed E-state index contributed by atoms with van der Waals surface area (Å²) in [5.74, 6) is 0.900. The Morgan fingerprint density at radius 1 is 0.905 bits per heavy atom. The molecular formula is C17H14N4. The van der Waals surface area contributed by atoms with Gasteiger partial charge in [-0.2, -0.15) is 0 Å². The van der Waals surface area contributed by atoms with E-state index in [2.05, 4.69) is 32.5 Å². The number of aromatic nitrogens is 3. The molecule has 0 fully saturated rings. The van der Waals surface area contributed by atoms with Crippen LogP contribution in [0.3, 0.4) is 0 Å². The minimum atomic E-state index is 0.900. The fourth-order valence-corrected chi connectivity index (χ4v) is 2.61. The molecule has 0 aliphatic heterocycles. The van der Waals surface area contributed by atoms with Gasteiger partial charge in [0.05, 0.1) is 23.6 Å². The predicted molar refractivity (Wildman–Crippen MR) is 85.0 cm³/mol. The number of para-hydroxylation sites is 3. The molecule has 2 aromatic heterocycles. The number of fused-ring (bicyclic) bond motifs is 3. The van der Waals surface area contributed by atoms with E-state index in [1.54, 1.807) is 0 Å². The van der Waals surface area contributed by atoms with Gasteiger partial charge < -0.3 is 4.90 Å². The van der Waals surface area contributed by atoms with Crippen LogP contribution in [-0.4, -0.2) is 21.4 Å². The highest BCUT2D eigenvalue weighted by Gasteiger charge is 2.13. The number of rotatable bonds is 2. The molecule has 0 aliphatic carbocycles. The van der Waals surface area contributed by atoms with Gasteiger partial charge in [0.15, 0.2) is 5.82 Å². The average Bonchev–Trinajstić information content (AvgIpc) is 3.04. The molecule has 4 heteroatoms. The number of benzene rings is 2. The van der Waals surface area contributed by atoms with Crippen molar-refractivity contribution in [2.24, 2.45) is 0 Å². The molecule has 0 unspecified atom stereocenters. The predicted octanol–water partition coefficient (Wildman–Crippen LogP) is 3.65. The molecule has 0 atom stereocenters. The lowest BCUT2D eigenvalue weighted by atomic mass is 10.2. The van der Waals surface area contributed by atoms with Crippen molar-refractivity contribution in [3.63, 3.8) is 0 Å². The van der Waals surface area contributed by atoms with Crippen LogP contribution in [0.4, 0.5) is 11.5 Å². The minimum absolute atomic E-state index is 0.900. The van der Waals surface area contributed by atoms with E-state index >= 15 is 0 Å². The van der Waals surface area contributed by atoms with Crippen LogP contribution in [0, 0.1) is 0 Å². The number of hydrogen-bond donors (Lipinski definition) is 0. The van der Waals surface area contributed by atoms with Gasteiger partial charge in [0.2, 0.25) is 0 Å². The Kier molecular flexibility index (Phi) is 2.60. The largest absolute Gasteiger partial charge is 0.328 e. The van der Waals surface area contributed by atoms with E-state index in [9.17, 15) is 0 Å². The highest BCUT2D eigenvalue weighted by atomic mass is 15.2. The molecule has 0 radical (unpaired) electrons. The summed E-state index contributed by atoms with van der Waals surface area (Å²) in [6.45, 7) is 0. The average molecular weight is 274 g/mol. The van der Waals surface area contributed by atoms with Crippen molar-refractivity contribution in [2.75, 3.05) is 11.9 Å². The van der Waals surface area contributed by atoms with Crippen LogP contribution in [-0.2, 0) is 0 Å². The summed E-state index contributed by atoms with van der Waals surface area (Å²) >= 11 is 0. The Balaban J connectivity index is 2.01. The first-order chi connectivity index (χ1) is 10.3. The van der Waals surface area contributed by atoms with Gasteiger partial charge in [-0.25, -0.2) is 9.97 Å². The quantitative estimate of drug-likeness (QED) is 0.559. The second-order valence-electron chi connectivity index (χ2n) is 4.97. The van der Waals surface area contributed by atoms with Crippen molar-refractivity contribution in [3.8, 4) is 0 Å². The van der Waals surface area contributed by atoms with Gasteiger partial charge in [-0.3, -0.25) is 4.40 Å². The fourth-order valence-electron chi connectivity index (χ4n) is 2.61. The van der Waals surface area contributed by atoms with Crippen molar-refractivity contribution in [1.82, 2.24) is 14.4 Å². The smallest absolute Gasteiger partial charge is 0.159 e. The molecule has 0 spiro atoms. The molecule has 102 valence electrons. The van der Waals surface area contributed by atoms with Gasteiger partial charge in [-0.05, 0) is 24.3 Å². The third-order valence-corrected chi connectivity index (χ3v) is 3.70. The number of hydrogen-bond acceptors (Lipinski definition) is 3. The van der Waals surface area contributed by atoms with Gasteiger partial charge in [0.1, 0.15) is 5.52 Å². The highest BCUT2D eigenvalue weighted by molar-refractivity contribution is 5.86. The summed E-state index contributed by atoms with van der Waals surface area (Å²) in [5, 5.41) is 0. The summed E-state index contributed by atoms with van der Waals surface area (Å²) in [6.07, 6.45) is 3.69. The Bertz CT molecular complexity index is 912. The third kappa shape index (κ3) is 1.84. The summed E-state index contributed by atoms with van der Waals surface area (Å²) in [7, 11) is 2.03. The molecule has 0 amide bonds. The zero-order valence-corrected chi connectivity index (χ0v) is 11.6. The van der Waals surface area contributed by atoms with Crippen LogP contribution in [0.5, 0.6) is 0 Å². The highest BCUT2D eigenvalue weighted by Crippen LogP contribution is 2.28. The summed E-state index contributed by atoms with van der Waals surface area (Å²) in [6, 6.07) is 18.3. The number of nitrogens with zero attached hydrogens (tertiary/aromatic N) is 4. The Morgan fingerprint density at radius 2 is 1.67 bits per heavy atom. The van der Waals surface area contributed by atoms with E-state index in [-0.39, 0.29) is 0 Å². The van der Waals surface area contributed by atoms with Gasteiger partial charge >= 0.3 is 0 Å². The van der Waals surface area contributed by atoms with E-state index in [1.165, 1.54) is 0 Å². The minimum Gasteiger partial charge on any atom is -0.328 e. The molecule has 2 aromatic carbocycles. The first kappa shape index (κ1) is 11.9. The summed E-state index contributed by atoms with van der Waals surface area (Å²) in [4.78, 5) is 11.2. The SMILES string of the molecule is CN(c1ccccc1)c1nc2ccccc2n2cncc12. The fraction of sp³-hybridized carbons (Fsp3) is 0.0588. The van der Waals surface area contributed by atoms with Crippen LogP contribution in [0.2, 0.25) is 0 Å². The molecular weight excluding hydrogens is 260 g/mol. The molecule has 0 aliphatic rings. The molecule has 21 heavy (non-hydrogen) atoms. The first-order valence-electron chi connectivity index (χ1n) is 6.84. The first-order valence-corrected chi connectivity index (χ1v) is 6.84. The lowest BCUT2D eigenvalue weighted by Gasteiger charge is -2.20. The molecule has 2 heterocycles. The standard InChI is InChI=1S/C17H14N4/c1-20(13-7-3-2-4-8-13)17-16-11-18-12-21(16)15-10-6-5-9-14(15)19-17/h2-12H,1H3. The Morgan fingerprint density at radius 3 is 2.52 bits per heavy atom. The van der Waals surface area contributed by atoms with Crippen molar-refractivity contribution < 1.29 is 0 Å².